The second-order valence-electron chi connectivity index (χ2n) is 11.4. The molecule has 1 saturated heterocycles. The molecule has 0 radical (unpaired) electrons. The van der Waals surface area contributed by atoms with Crippen molar-refractivity contribution in [3.05, 3.63) is 94.6 Å². The van der Waals surface area contributed by atoms with Gasteiger partial charge in [0.25, 0.3) is 11.7 Å². The number of nitrogens with zero attached hydrogens (tertiary/aromatic N) is 1. The molecule has 220 valence electrons. The Morgan fingerprint density at radius 3 is 2.55 bits per heavy atom. The van der Waals surface area contributed by atoms with Gasteiger partial charge in [0.05, 0.1) is 24.8 Å². The number of hydrogen-bond donors (Lipinski definition) is 1. The molecule has 3 aromatic carbocycles. The second-order valence-corrected chi connectivity index (χ2v) is 11.4. The minimum atomic E-state index is -0.791. The lowest BCUT2D eigenvalue weighted by molar-refractivity contribution is -0.139. The van der Waals surface area contributed by atoms with E-state index in [0.717, 1.165) is 23.3 Å². The largest absolute Gasteiger partial charge is 0.507 e. The molecule has 0 spiro atoms. The lowest BCUT2D eigenvalue weighted by Gasteiger charge is -2.26. The highest BCUT2D eigenvalue weighted by atomic mass is 16.5. The summed E-state index contributed by atoms with van der Waals surface area (Å²) in [5, 5.41) is 11.6. The predicted octanol–water partition coefficient (Wildman–Crippen LogP) is 6.50. The summed E-state index contributed by atoms with van der Waals surface area (Å²) in [4.78, 5) is 28.7. The zero-order valence-corrected chi connectivity index (χ0v) is 24.8. The fourth-order valence-electron chi connectivity index (χ4n) is 5.56. The first-order chi connectivity index (χ1) is 20.3. The Balaban J connectivity index is 1.56. The number of carbonyl (C=O) groups excluding carboxylic acids is 2. The third-order valence-corrected chi connectivity index (χ3v) is 7.73. The molecule has 2 atom stereocenters. The molecule has 7 nitrogen and oxygen atoms in total. The van der Waals surface area contributed by atoms with Crippen LogP contribution in [0.4, 0.5) is 0 Å². The first kappa shape index (κ1) is 29.2. The van der Waals surface area contributed by atoms with Crippen molar-refractivity contribution in [3.63, 3.8) is 0 Å². The van der Waals surface area contributed by atoms with Crippen LogP contribution < -0.4 is 14.2 Å². The van der Waals surface area contributed by atoms with Crippen molar-refractivity contribution >= 4 is 17.4 Å². The molecule has 0 bridgehead atoms. The summed E-state index contributed by atoms with van der Waals surface area (Å²) < 4.78 is 17.8. The Bertz CT molecular complexity index is 1480. The number of aliphatic hydroxyl groups excluding tert-OH is 1. The molecule has 1 fully saturated rings. The molecule has 2 aliphatic heterocycles. The van der Waals surface area contributed by atoms with Gasteiger partial charge in [0.15, 0.2) is 11.5 Å². The van der Waals surface area contributed by atoms with E-state index in [4.69, 9.17) is 14.2 Å². The highest BCUT2D eigenvalue weighted by molar-refractivity contribution is 6.46. The number of carbonyl (C=O) groups is 2. The van der Waals surface area contributed by atoms with Crippen LogP contribution in [-0.2, 0) is 22.4 Å². The Morgan fingerprint density at radius 2 is 1.81 bits per heavy atom. The van der Waals surface area contributed by atoms with Crippen LogP contribution in [0.25, 0.3) is 5.76 Å². The van der Waals surface area contributed by atoms with Crippen LogP contribution in [0.15, 0.2) is 72.3 Å². The lowest BCUT2D eigenvalue weighted by atomic mass is 9.94. The minimum absolute atomic E-state index is 0.0409. The van der Waals surface area contributed by atoms with Crippen LogP contribution in [-0.4, -0.2) is 47.6 Å². The molecule has 1 N–H and O–H groups in total. The standard InChI is InChI=1S/C35H39NO6/c1-5-40-30-21-25(11-14-29(30)41-18-16-22(2)3)32-31(33(37)26-12-13-28-27(20-26)19-23(4)42-28)34(38)35(39)36(32)17-15-24-9-7-6-8-10-24/h6-14,20-23,32,37H,5,15-19H2,1-4H3/b33-31+/t23-,32-/m1/s1. The SMILES string of the molecule is CCOc1cc([C@@H]2/C(=C(\O)c3ccc4c(c3)C[C@@H](C)O4)C(=O)C(=O)N2CCc2ccccc2)ccc1OCCC(C)C. The van der Waals surface area contributed by atoms with E-state index >= 15 is 0 Å². The first-order valence-electron chi connectivity index (χ1n) is 14.8. The number of benzene rings is 3. The van der Waals surface area contributed by atoms with Crippen LogP contribution in [0.1, 0.15) is 62.4 Å². The van der Waals surface area contributed by atoms with Gasteiger partial charge in [-0.2, -0.15) is 0 Å². The number of hydrogen-bond acceptors (Lipinski definition) is 6. The Kier molecular flexibility index (Phi) is 8.86. The fourth-order valence-corrected chi connectivity index (χ4v) is 5.56. The molecule has 3 aromatic rings. The van der Waals surface area contributed by atoms with Crippen molar-refractivity contribution in [2.24, 2.45) is 5.92 Å². The summed E-state index contributed by atoms with van der Waals surface area (Å²) in [6.45, 7) is 9.45. The smallest absolute Gasteiger partial charge is 0.295 e. The van der Waals surface area contributed by atoms with Crippen molar-refractivity contribution < 1.29 is 28.9 Å². The van der Waals surface area contributed by atoms with Gasteiger partial charge in [0, 0.05) is 18.5 Å². The summed E-state index contributed by atoms with van der Waals surface area (Å²) in [6.07, 6.45) is 2.21. The Hall–Kier alpha value is -4.26. The molecule has 0 unspecified atom stereocenters. The molecule has 0 aromatic heterocycles. The molecule has 5 rings (SSSR count). The zero-order valence-electron chi connectivity index (χ0n) is 24.8. The van der Waals surface area contributed by atoms with Gasteiger partial charge in [-0.25, -0.2) is 0 Å². The van der Waals surface area contributed by atoms with Crippen molar-refractivity contribution in [2.45, 2.75) is 59.1 Å². The number of rotatable bonds is 11. The molecule has 1 amide bonds. The van der Waals surface area contributed by atoms with E-state index in [1.807, 2.05) is 74.5 Å². The number of ether oxygens (including phenoxy) is 3. The zero-order chi connectivity index (χ0) is 29.8. The third kappa shape index (κ3) is 6.15. The summed E-state index contributed by atoms with van der Waals surface area (Å²) in [5.74, 6) is 0.882. The summed E-state index contributed by atoms with van der Waals surface area (Å²) >= 11 is 0. The van der Waals surface area contributed by atoms with Crippen LogP contribution in [0, 0.1) is 5.92 Å². The van der Waals surface area contributed by atoms with Crippen molar-refractivity contribution in [1.29, 1.82) is 0 Å². The third-order valence-electron chi connectivity index (χ3n) is 7.73. The Labute approximate surface area is 247 Å². The number of likely N-dealkylation sites (tertiary alicyclic amines) is 1. The fraction of sp³-hybridized carbons (Fsp3) is 0.371. The summed E-state index contributed by atoms with van der Waals surface area (Å²) in [7, 11) is 0. The molecule has 0 saturated carbocycles. The molecular formula is C35H39NO6. The van der Waals surface area contributed by atoms with Crippen LogP contribution in [0.2, 0.25) is 0 Å². The predicted molar refractivity (Wildman–Crippen MR) is 162 cm³/mol. The van der Waals surface area contributed by atoms with Crippen LogP contribution in [0.3, 0.4) is 0 Å². The topological polar surface area (TPSA) is 85.3 Å². The van der Waals surface area contributed by atoms with Gasteiger partial charge in [-0.15, -0.1) is 0 Å². The van der Waals surface area contributed by atoms with E-state index in [0.29, 0.717) is 61.1 Å². The highest BCUT2D eigenvalue weighted by Crippen LogP contribution is 2.43. The summed E-state index contributed by atoms with van der Waals surface area (Å²) in [6, 6.07) is 19.9. The molecule has 2 aliphatic rings. The maximum Gasteiger partial charge on any atom is 0.295 e. The molecular weight excluding hydrogens is 530 g/mol. The van der Waals surface area contributed by atoms with E-state index in [1.54, 1.807) is 11.0 Å². The van der Waals surface area contributed by atoms with Gasteiger partial charge >= 0.3 is 0 Å². The first-order valence-corrected chi connectivity index (χ1v) is 14.8. The van der Waals surface area contributed by atoms with Gasteiger partial charge < -0.3 is 24.2 Å². The number of ketones is 1. The van der Waals surface area contributed by atoms with Crippen LogP contribution in [0.5, 0.6) is 17.2 Å². The van der Waals surface area contributed by atoms with E-state index in [2.05, 4.69) is 13.8 Å². The van der Waals surface area contributed by atoms with Gasteiger partial charge in [-0.05, 0) is 79.6 Å². The minimum Gasteiger partial charge on any atom is -0.507 e. The van der Waals surface area contributed by atoms with Crippen molar-refractivity contribution in [1.82, 2.24) is 4.90 Å². The average Bonchev–Trinajstić information content (AvgIpc) is 3.47. The number of fused-ring (bicyclic) bond motifs is 1. The highest BCUT2D eigenvalue weighted by Gasteiger charge is 2.46. The average molecular weight is 570 g/mol. The second kappa shape index (κ2) is 12.7. The summed E-state index contributed by atoms with van der Waals surface area (Å²) in [5.41, 5.74) is 3.23. The molecule has 7 heteroatoms. The van der Waals surface area contributed by atoms with E-state index in [-0.39, 0.29) is 17.4 Å². The quantitative estimate of drug-likeness (QED) is 0.161. The van der Waals surface area contributed by atoms with Gasteiger partial charge in [-0.3, -0.25) is 9.59 Å². The van der Waals surface area contributed by atoms with Gasteiger partial charge in [-0.1, -0.05) is 50.2 Å². The maximum absolute atomic E-state index is 13.6. The maximum atomic E-state index is 13.6. The molecule has 2 heterocycles. The monoisotopic (exact) mass is 569 g/mol. The Morgan fingerprint density at radius 1 is 1.02 bits per heavy atom. The van der Waals surface area contributed by atoms with Crippen molar-refractivity contribution in [3.8, 4) is 17.2 Å². The van der Waals surface area contributed by atoms with Crippen LogP contribution >= 0.6 is 0 Å². The van der Waals surface area contributed by atoms with Gasteiger partial charge in [0.1, 0.15) is 17.6 Å². The van der Waals surface area contributed by atoms with E-state index in [1.165, 1.54) is 0 Å². The number of Topliss-reactive ketones (excluding diaryl/α,β-unsaturated/α-hetero) is 1. The van der Waals surface area contributed by atoms with Crippen molar-refractivity contribution in [2.75, 3.05) is 19.8 Å². The number of aliphatic hydroxyl groups is 1. The van der Waals surface area contributed by atoms with E-state index < -0.39 is 17.7 Å². The van der Waals surface area contributed by atoms with Gasteiger partial charge in [0.2, 0.25) is 0 Å². The van der Waals surface area contributed by atoms with E-state index in [9.17, 15) is 14.7 Å². The molecule has 42 heavy (non-hydrogen) atoms. The normalized spacial score (nSPS) is 19.2. The molecule has 0 aliphatic carbocycles. The number of amides is 1. The lowest BCUT2D eigenvalue weighted by Crippen LogP contribution is -2.31.